The second-order valence-corrected chi connectivity index (χ2v) is 9.23. The number of nitrogens with one attached hydrogen (secondary N) is 1. The van der Waals surface area contributed by atoms with Gasteiger partial charge < -0.3 is 10.1 Å². The number of carbonyl (C=O) groups excluding carboxylic acids is 1. The van der Waals surface area contributed by atoms with E-state index in [0.29, 0.717) is 6.61 Å². The Hall–Kier alpha value is -3.90. The van der Waals surface area contributed by atoms with Crippen LogP contribution in [0.1, 0.15) is 23.7 Å². The topological polar surface area (TPSA) is 55.6 Å². The standard InChI is InChI=1S/C28H23N3O2S/c1-2-33-23-10-7-18(8-11-23)26-16-31-22(17-34-28(31)30-26)15-27(32)29-21-9-12-25-20(14-21)13-19-5-3-4-6-24(19)25/h3-12,14,16-17H,2,13,15H2,1H3,(H,29,32). The highest BCUT2D eigenvalue weighted by Crippen LogP contribution is 2.37. The van der Waals surface area contributed by atoms with Gasteiger partial charge in [-0.25, -0.2) is 4.98 Å². The molecule has 2 aromatic heterocycles. The zero-order chi connectivity index (χ0) is 23.1. The fraction of sp³-hybridized carbons (Fsp3) is 0.143. The molecule has 0 saturated heterocycles. The first-order chi connectivity index (χ1) is 16.7. The summed E-state index contributed by atoms with van der Waals surface area (Å²) in [5, 5.41) is 5.08. The molecule has 0 spiro atoms. The SMILES string of the molecule is CCOc1ccc(-c2cn3c(CC(=O)Nc4ccc5c(c4)Cc4ccccc4-5)csc3n2)cc1. The summed E-state index contributed by atoms with van der Waals surface area (Å²) >= 11 is 1.55. The molecule has 0 radical (unpaired) electrons. The van der Waals surface area contributed by atoms with E-state index in [-0.39, 0.29) is 12.3 Å². The molecule has 1 aliphatic rings. The van der Waals surface area contributed by atoms with Crippen molar-refractivity contribution in [1.29, 1.82) is 0 Å². The molecule has 0 saturated carbocycles. The van der Waals surface area contributed by atoms with Crippen molar-refractivity contribution >= 4 is 27.9 Å². The Morgan fingerprint density at radius 3 is 2.74 bits per heavy atom. The molecule has 3 aromatic carbocycles. The average Bonchev–Trinajstić information content (AvgIpc) is 3.53. The van der Waals surface area contributed by atoms with Gasteiger partial charge in [-0.3, -0.25) is 9.20 Å². The highest BCUT2D eigenvalue weighted by molar-refractivity contribution is 7.15. The summed E-state index contributed by atoms with van der Waals surface area (Å²) in [7, 11) is 0. The number of hydrogen-bond acceptors (Lipinski definition) is 4. The largest absolute Gasteiger partial charge is 0.494 e. The maximum absolute atomic E-state index is 12.9. The third-order valence-corrected chi connectivity index (χ3v) is 7.05. The summed E-state index contributed by atoms with van der Waals surface area (Å²) in [6.45, 7) is 2.61. The molecule has 0 unspecified atom stereocenters. The lowest BCUT2D eigenvalue weighted by atomic mass is 10.1. The Balaban J connectivity index is 1.17. The molecule has 1 N–H and O–H groups in total. The lowest BCUT2D eigenvalue weighted by molar-refractivity contribution is -0.115. The van der Waals surface area contributed by atoms with Gasteiger partial charge in [-0.15, -0.1) is 11.3 Å². The predicted octanol–water partition coefficient (Wildman–Crippen LogP) is 6.21. The summed E-state index contributed by atoms with van der Waals surface area (Å²) in [4.78, 5) is 18.5. The molecule has 0 aliphatic heterocycles. The number of amides is 1. The number of anilines is 1. The van der Waals surface area contributed by atoms with Crippen LogP contribution in [0.3, 0.4) is 0 Å². The van der Waals surface area contributed by atoms with E-state index in [1.165, 1.54) is 22.3 Å². The maximum Gasteiger partial charge on any atom is 0.230 e. The van der Waals surface area contributed by atoms with Gasteiger partial charge in [-0.05, 0) is 72.0 Å². The number of benzene rings is 3. The first kappa shape index (κ1) is 20.7. The number of hydrogen-bond donors (Lipinski definition) is 1. The monoisotopic (exact) mass is 465 g/mol. The number of carbonyl (C=O) groups is 1. The van der Waals surface area contributed by atoms with Gasteiger partial charge in [0.25, 0.3) is 0 Å². The lowest BCUT2D eigenvalue weighted by Crippen LogP contribution is -2.15. The van der Waals surface area contributed by atoms with E-state index in [9.17, 15) is 4.79 Å². The molecule has 6 heteroatoms. The van der Waals surface area contributed by atoms with E-state index >= 15 is 0 Å². The van der Waals surface area contributed by atoms with Crippen LogP contribution in [-0.4, -0.2) is 21.9 Å². The minimum atomic E-state index is -0.0357. The summed E-state index contributed by atoms with van der Waals surface area (Å²) in [6.07, 6.45) is 3.19. The summed E-state index contributed by atoms with van der Waals surface area (Å²) in [5.41, 5.74) is 8.81. The summed E-state index contributed by atoms with van der Waals surface area (Å²) in [6, 6.07) is 22.6. The first-order valence-corrected chi connectivity index (χ1v) is 12.3. The van der Waals surface area contributed by atoms with Gasteiger partial charge in [0.1, 0.15) is 5.75 Å². The van der Waals surface area contributed by atoms with Crippen molar-refractivity contribution in [2.24, 2.45) is 0 Å². The van der Waals surface area contributed by atoms with Crippen LogP contribution < -0.4 is 10.1 Å². The molecular weight excluding hydrogens is 442 g/mol. The van der Waals surface area contributed by atoms with Crippen LogP contribution in [0.2, 0.25) is 0 Å². The van der Waals surface area contributed by atoms with Crippen molar-refractivity contribution in [1.82, 2.24) is 9.38 Å². The van der Waals surface area contributed by atoms with Crippen molar-refractivity contribution in [3.63, 3.8) is 0 Å². The Morgan fingerprint density at radius 2 is 1.88 bits per heavy atom. The fourth-order valence-electron chi connectivity index (χ4n) is 4.58. The molecule has 2 heterocycles. The molecule has 6 rings (SSSR count). The Bertz CT molecular complexity index is 1510. The number of imidazole rings is 1. The maximum atomic E-state index is 12.9. The zero-order valence-electron chi connectivity index (χ0n) is 18.7. The Labute approximate surface area is 201 Å². The molecule has 5 nitrogen and oxygen atoms in total. The third kappa shape index (κ3) is 3.76. The molecule has 34 heavy (non-hydrogen) atoms. The van der Waals surface area contributed by atoms with Crippen molar-refractivity contribution in [3.05, 3.63) is 95.1 Å². The number of rotatable bonds is 6. The molecule has 5 aromatic rings. The van der Waals surface area contributed by atoms with E-state index in [1.807, 2.05) is 53.2 Å². The van der Waals surface area contributed by atoms with Crippen molar-refractivity contribution in [3.8, 4) is 28.1 Å². The first-order valence-electron chi connectivity index (χ1n) is 11.4. The summed E-state index contributed by atoms with van der Waals surface area (Å²) < 4.78 is 7.53. The van der Waals surface area contributed by atoms with Crippen LogP contribution in [0.5, 0.6) is 5.75 Å². The molecule has 168 valence electrons. The van der Waals surface area contributed by atoms with Gasteiger partial charge in [0, 0.05) is 28.5 Å². The van der Waals surface area contributed by atoms with Crippen molar-refractivity contribution < 1.29 is 9.53 Å². The van der Waals surface area contributed by atoms with E-state index < -0.39 is 0 Å². The molecule has 1 amide bonds. The average molecular weight is 466 g/mol. The third-order valence-electron chi connectivity index (χ3n) is 6.16. The number of fused-ring (bicyclic) bond motifs is 4. The fourth-order valence-corrected chi connectivity index (χ4v) is 5.45. The molecular formula is C28H23N3O2S. The van der Waals surface area contributed by atoms with E-state index in [4.69, 9.17) is 9.72 Å². The number of thiazole rings is 1. The second-order valence-electron chi connectivity index (χ2n) is 8.39. The minimum absolute atomic E-state index is 0.0357. The normalized spacial score (nSPS) is 11.9. The van der Waals surface area contributed by atoms with E-state index in [0.717, 1.165) is 39.8 Å². The second kappa shape index (κ2) is 8.47. The van der Waals surface area contributed by atoms with Crippen LogP contribution >= 0.6 is 11.3 Å². The highest BCUT2D eigenvalue weighted by Gasteiger charge is 2.19. The quantitative estimate of drug-likeness (QED) is 0.318. The van der Waals surface area contributed by atoms with Crippen LogP contribution in [0.4, 0.5) is 5.69 Å². The number of aromatic nitrogens is 2. The predicted molar refractivity (Wildman–Crippen MR) is 137 cm³/mol. The van der Waals surface area contributed by atoms with Crippen molar-refractivity contribution in [2.45, 2.75) is 19.8 Å². The van der Waals surface area contributed by atoms with Crippen LogP contribution in [0.15, 0.2) is 78.3 Å². The Kier molecular flexibility index (Phi) is 5.15. The number of ether oxygens (including phenoxy) is 1. The zero-order valence-corrected chi connectivity index (χ0v) is 19.6. The van der Waals surface area contributed by atoms with Crippen LogP contribution in [0.25, 0.3) is 27.3 Å². The molecule has 0 fully saturated rings. The summed E-state index contributed by atoms with van der Waals surface area (Å²) in [5.74, 6) is 0.812. The highest BCUT2D eigenvalue weighted by atomic mass is 32.1. The molecule has 0 atom stereocenters. The van der Waals surface area contributed by atoms with E-state index in [1.54, 1.807) is 11.3 Å². The molecule has 0 bridgehead atoms. The van der Waals surface area contributed by atoms with Gasteiger partial charge in [-0.1, -0.05) is 30.3 Å². The van der Waals surface area contributed by atoms with Crippen molar-refractivity contribution in [2.75, 3.05) is 11.9 Å². The van der Waals surface area contributed by atoms with Gasteiger partial charge >= 0.3 is 0 Å². The van der Waals surface area contributed by atoms with Gasteiger partial charge in [0.05, 0.1) is 18.7 Å². The minimum Gasteiger partial charge on any atom is -0.494 e. The van der Waals surface area contributed by atoms with Gasteiger partial charge in [0.2, 0.25) is 5.91 Å². The van der Waals surface area contributed by atoms with E-state index in [2.05, 4.69) is 41.7 Å². The van der Waals surface area contributed by atoms with Gasteiger partial charge in [-0.2, -0.15) is 0 Å². The Morgan fingerprint density at radius 1 is 1.06 bits per heavy atom. The molecule has 1 aliphatic carbocycles. The lowest BCUT2D eigenvalue weighted by Gasteiger charge is -2.08. The van der Waals surface area contributed by atoms with Crippen LogP contribution in [0, 0.1) is 0 Å². The van der Waals surface area contributed by atoms with Crippen LogP contribution in [-0.2, 0) is 17.6 Å². The van der Waals surface area contributed by atoms with Gasteiger partial charge in [0.15, 0.2) is 4.96 Å². The number of nitrogens with zero attached hydrogens (tertiary/aromatic N) is 2. The smallest absolute Gasteiger partial charge is 0.230 e.